The van der Waals surface area contributed by atoms with E-state index in [1.54, 1.807) is 6.08 Å². The van der Waals surface area contributed by atoms with Crippen LogP contribution in [0.4, 0.5) is 0 Å². The van der Waals surface area contributed by atoms with Gasteiger partial charge in [0.25, 0.3) is 0 Å². The molecule has 0 aromatic rings. The second-order valence-electron chi connectivity index (χ2n) is 23.1. The van der Waals surface area contributed by atoms with Crippen molar-refractivity contribution >= 4 is 13.7 Å². The maximum absolute atomic E-state index is 13.0. The monoisotopic (exact) mass is 1120 g/mol. The molecular weight excluding hydrogens is 996 g/mol. The van der Waals surface area contributed by atoms with Crippen molar-refractivity contribution in [2.24, 2.45) is 0 Å². The van der Waals surface area contributed by atoms with Crippen LogP contribution in [0.5, 0.6) is 0 Å². The highest BCUT2D eigenvalue weighted by Crippen LogP contribution is 2.43. The van der Waals surface area contributed by atoms with Crippen LogP contribution in [0, 0.1) is 0 Å². The van der Waals surface area contributed by atoms with E-state index in [-0.39, 0.29) is 19.1 Å². The van der Waals surface area contributed by atoms with E-state index < -0.39 is 20.0 Å². The number of nitrogens with one attached hydrogen (secondary N) is 1. The number of unbranched alkanes of at least 4 members (excludes halogenated alkanes) is 30. The zero-order valence-corrected chi connectivity index (χ0v) is 53.0. The number of carbonyl (C=O) groups excluding carboxylic acids is 1. The van der Waals surface area contributed by atoms with Crippen molar-refractivity contribution < 1.29 is 32.9 Å². The lowest BCUT2D eigenvalue weighted by molar-refractivity contribution is -0.870. The lowest BCUT2D eigenvalue weighted by Crippen LogP contribution is -2.45. The number of amides is 1. The number of carbonyl (C=O) groups is 1. The fourth-order valence-electron chi connectivity index (χ4n) is 9.14. The summed E-state index contributed by atoms with van der Waals surface area (Å²) in [6.45, 7) is 4.69. The average molecular weight is 1120 g/mol. The quantitative estimate of drug-likeness (QED) is 0.0243. The number of rotatable bonds is 59. The van der Waals surface area contributed by atoms with Crippen LogP contribution in [0.15, 0.2) is 109 Å². The molecule has 0 aliphatic heterocycles. The molecule has 79 heavy (non-hydrogen) atoms. The third kappa shape index (κ3) is 62.6. The molecule has 0 aliphatic carbocycles. The summed E-state index contributed by atoms with van der Waals surface area (Å²) in [5, 5.41) is 14.0. The molecule has 0 heterocycles. The van der Waals surface area contributed by atoms with E-state index in [0.717, 1.165) is 83.5 Å². The summed E-state index contributed by atoms with van der Waals surface area (Å²) in [6.07, 6.45) is 87.9. The highest BCUT2D eigenvalue weighted by molar-refractivity contribution is 7.47. The Labute approximate surface area is 489 Å². The predicted molar refractivity (Wildman–Crippen MR) is 345 cm³/mol. The van der Waals surface area contributed by atoms with Gasteiger partial charge in [-0.3, -0.25) is 13.8 Å². The fraction of sp³-hybridized carbons (Fsp3) is 0.729. The number of aliphatic hydroxyl groups excluding tert-OH is 1. The molecule has 0 radical (unpaired) electrons. The molecule has 0 fully saturated rings. The number of hydrogen-bond donors (Lipinski definition) is 3. The van der Waals surface area contributed by atoms with Crippen LogP contribution >= 0.6 is 7.82 Å². The number of aliphatic hydroxyl groups is 1. The second kappa shape index (κ2) is 59.8. The largest absolute Gasteiger partial charge is 0.472 e. The van der Waals surface area contributed by atoms with Gasteiger partial charge in [-0.25, -0.2) is 4.57 Å². The molecule has 456 valence electrons. The molecule has 3 unspecified atom stereocenters. The maximum Gasteiger partial charge on any atom is 0.472 e. The Kier molecular flexibility index (Phi) is 57.6. The third-order valence-corrected chi connectivity index (χ3v) is 15.2. The molecule has 0 bridgehead atoms. The van der Waals surface area contributed by atoms with Crippen LogP contribution < -0.4 is 5.32 Å². The summed E-state index contributed by atoms with van der Waals surface area (Å²) in [4.78, 5) is 23.4. The molecule has 1 amide bonds. The SMILES string of the molecule is CC/C=C\C/C=C\C/C=C\C/C=C\C/C=C\C/C=C\CCCCCCCCCCCCCCC(=O)NC(COP(=O)(O)OCC[N+](C)(C)C)C(O)/C=C/CC/C=C/CC/C=C/CCCCCCCCCCCCCCCCCC. The molecule has 0 saturated heterocycles. The highest BCUT2D eigenvalue weighted by Gasteiger charge is 2.27. The summed E-state index contributed by atoms with van der Waals surface area (Å²) in [6, 6.07) is -0.879. The van der Waals surface area contributed by atoms with Crippen LogP contribution in [0.3, 0.4) is 0 Å². The number of phosphoric acid groups is 1. The molecule has 9 heteroatoms. The van der Waals surface area contributed by atoms with E-state index in [1.165, 1.54) is 173 Å². The summed E-state index contributed by atoms with van der Waals surface area (Å²) in [5.74, 6) is -0.195. The van der Waals surface area contributed by atoms with Crippen LogP contribution in [0.2, 0.25) is 0 Å². The van der Waals surface area contributed by atoms with Crippen molar-refractivity contribution in [3.8, 4) is 0 Å². The zero-order chi connectivity index (χ0) is 57.7. The number of phosphoric ester groups is 1. The first-order valence-corrected chi connectivity index (χ1v) is 34.3. The van der Waals surface area contributed by atoms with Gasteiger partial charge in [0, 0.05) is 6.42 Å². The van der Waals surface area contributed by atoms with Crippen LogP contribution in [-0.2, 0) is 18.4 Å². The van der Waals surface area contributed by atoms with Crippen molar-refractivity contribution in [2.45, 2.75) is 289 Å². The molecule has 0 aromatic carbocycles. The minimum absolute atomic E-state index is 0.0486. The van der Waals surface area contributed by atoms with Gasteiger partial charge in [-0.2, -0.15) is 0 Å². The van der Waals surface area contributed by atoms with E-state index in [1.807, 2.05) is 27.2 Å². The van der Waals surface area contributed by atoms with Crippen LogP contribution in [0.1, 0.15) is 277 Å². The van der Waals surface area contributed by atoms with Gasteiger partial charge in [0.15, 0.2) is 0 Å². The Morgan fingerprint density at radius 3 is 1.16 bits per heavy atom. The minimum Gasteiger partial charge on any atom is -0.387 e. The first kappa shape index (κ1) is 76.2. The Hall–Kier alpha value is -2.84. The van der Waals surface area contributed by atoms with Gasteiger partial charge in [-0.15, -0.1) is 0 Å². The Morgan fingerprint density at radius 1 is 0.443 bits per heavy atom. The molecule has 0 spiro atoms. The van der Waals surface area contributed by atoms with Gasteiger partial charge in [0.05, 0.1) is 39.9 Å². The predicted octanol–water partition coefficient (Wildman–Crippen LogP) is 20.7. The second-order valence-corrected chi connectivity index (χ2v) is 24.5. The van der Waals surface area contributed by atoms with Gasteiger partial charge in [0.2, 0.25) is 5.91 Å². The summed E-state index contributed by atoms with van der Waals surface area (Å²) < 4.78 is 23.8. The zero-order valence-electron chi connectivity index (χ0n) is 52.1. The first-order valence-electron chi connectivity index (χ1n) is 32.8. The highest BCUT2D eigenvalue weighted by atomic mass is 31.2. The molecule has 0 aromatic heterocycles. The first-order chi connectivity index (χ1) is 38.5. The molecule has 0 saturated carbocycles. The van der Waals surface area contributed by atoms with Crippen molar-refractivity contribution in [1.29, 1.82) is 0 Å². The molecule has 8 nitrogen and oxygen atoms in total. The number of quaternary nitrogens is 1. The van der Waals surface area contributed by atoms with Crippen molar-refractivity contribution in [2.75, 3.05) is 40.9 Å². The van der Waals surface area contributed by atoms with E-state index in [0.29, 0.717) is 17.4 Å². The normalized spacial score (nSPS) is 14.5. The van der Waals surface area contributed by atoms with Crippen LogP contribution in [0.25, 0.3) is 0 Å². The van der Waals surface area contributed by atoms with Gasteiger partial charge < -0.3 is 19.8 Å². The molecule has 3 N–H and O–H groups in total. The summed E-state index contributed by atoms with van der Waals surface area (Å²) in [7, 11) is 1.54. The Balaban J connectivity index is 4.21. The standard InChI is InChI=1S/C70H125N2O6P/c1-6-8-10-12-14-16-18-20-22-24-26-28-30-32-34-35-36-37-38-40-42-44-46-48-50-52-54-56-58-60-62-64-70(74)71-68(67-78-79(75,76)77-66-65-72(3,4)5)69(73)63-61-59-57-55-53-51-49-47-45-43-41-39-33-31-29-27-25-23-21-19-17-15-13-11-9-7-2/h8,10,14,16,20,22,26,28,32,34,36-37,45,47,53,55,61,63,68-69,73H,6-7,9,11-13,15,17-19,21,23-25,27,29-31,33,35,38-44,46,48-52,54,56-60,62,64-67H2,1-5H3,(H-,71,74,75,76)/p+1/b10-8-,16-14-,22-20-,28-26-,34-32-,37-36-,47-45+,55-53+,63-61+. The van der Waals surface area contributed by atoms with Gasteiger partial charge in [0.1, 0.15) is 13.2 Å². The van der Waals surface area contributed by atoms with Crippen LogP contribution in [-0.4, -0.2) is 73.4 Å². The van der Waals surface area contributed by atoms with E-state index in [2.05, 4.69) is 116 Å². The molecule has 0 aliphatic rings. The van der Waals surface area contributed by atoms with Gasteiger partial charge in [-0.05, 0) is 96.3 Å². The van der Waals surface area contributed by atoms with Gasteiger partial charge >= 0.3 is 7.82 Å². The van der Waals surface area contributed by atoms with Crippen molar-refractivity contribution in [3.63, 3.8) is 0 Å². The minimum atomic E-state index is -4.37. The Bertz CT molecular complexity index is 1650. The third-order valence-electron chi connectivity index (χ3n) is 14.2. The van der Waals surface area contributed by atoms with E-state index >= 15 is 0 Å². The van der Waals surface area contributed by atoms with Crippen molar-refractivity contribution in [3.05, 3.63) is 109 Å². The molecule has 3 atom stereocenters. The lowest BCUT2D eigenvalue weighted by Gasteiger charge is -2.25. The maximum atomic E-state index is 13.0. The smallest absolute Gasteiger partial charge is 0.387 e. The number of hydrogen-bond acceptors (Lipinski definition) is 5. The van der Waals surface area contributed by atoms with E-state index in [4.69, 9.17) is 9.05 Å². The number of nitrogens with zero attached hydrogens (tertiary/aromatic N) is 1. The van der Waals surface area contributed by atoms with Crippen molar-refractivity contribution in [1.82, 2.24) is 5.32 Å². The summed E-state index contributed by atoms with van der Waals surface area (Å²) in [5.41, 5.74) is 0. The molecular formula is C70H126N2O6P+. The lowest BCUT2D eigenvalue weighted by atomic mass is 10.0. The number of allylic oxidation sites excluding steroid dienone is 17. The average Bonchev–Trinajstić information content (AvgIpc) is 3.42. The Morgan fingerprint density at radius 2 is 0.772 bits per heavy atom. The van der Waals surface area contributed by atoms with E-state index in [9.17, 15) is 19.4 Å². The fourth-order valence-corrected chi connectivity index (χ4v) is 9.87. The van der Waals surface area contributed by atoms with Gasteiger partial charge in [-0.1, -0.05) is 284 Å². The topological polar surface area (TPSA) is 105 Å². The number of likely N-dealkylation sites (N-methyl/N-ethyl adjacent to an activating group) is 1. The summed E-state index contributed by atoms with van der Waals surface area (Å²) >= 11 is 0. The molecule has 0 rings (SSSR count).